The smallest absolute Gasteiger partial charge is 0.311 e. The Labute approximate surface area is 246 Å². The number of nitrogens with one attached hydrogen (secondary N) is 1. The molecule has 3 aliphatic carbocycles. The number of thioether (sulfide) groups is 1. The molecule has 0 aliphatic heterocycles. The summed E-state index contributed by atoms with van der Waals surface area (Å²) >= 11 is 1.05. The van der Waals surface area contributed by atoms with Crippen molar-refractivity contribution < 1.29 is 26.7 Å². The number of anilines is 1. The van der Waals surface area contributed by atoms with Crippen molar-refractivity contribution in [1.82, 2.24) is 18.9 Å². The lowest BCUT2D eigenvalue weighted by molar-refractivity contribution is -0.152. The lowest BCUT2D eigenvalue weighted by atomic mass is 9.61. The van der Waals surface area contributed by atoms with Crippen molar-refractivity contribution in [2.75, 3.05) is 18.7 Å². The molecule has 220 valence electrons. The Kier molecular flexibility index (Phi) is 7.42. The summed E-state index contributed by atoms with van der Waals surface area (Å²) in [7, 11) is -2.78. The van der Waals surface area contributed by atoms with E-state index in [0.717, 1.165) is 59.2 Å². The van der Waals surface area contributed by atoms with Crippen LogP contribution in [-0.2, 0) is 19.6 Å². The van der Waals surface area contributed by atoms with E-state index in [0.29, 0.717) is 0 Å². The summed E-state index contributed by atoms with van der Waals surface area (Å²) in [4.78, 5) is 25.7. The third-order valence-electron chi connectivity index (χ3n) is 8.41. The first-order valence-electron chi connectivity index (χ1n) is 13.6. The van der Waals surface area contributed by atoms with Gasteiger partial charge in [-0.05, 0) is 68.9 Å². The van der Waals surface area contributed by atoms with Crippen LogP contribution in [-0.4, -0.2) is 52.7 Å². The second-order valence-electron chi connectivity index (χ2n) is 10.8. The topological polar surface area (TPSA) is 116 Å². The highest BCUT2D eigenvalue weighted by Gasteiger charge is 2.48. The summed E-state index contributed by atoms with van der Waals surface area (Å²) in [5.74, 6) is -2.00. The minimum Gasteiger partial charge on any atom is -0.469 e. The van der Waals surface area contributed by atoms with Gasteiger partial charge >= 0.3 is 5.97 Å². The van der Waals surface area contributed by atoms with Crippen LogP contribution in [0.3, 0.4) is 0 Å². The molecule has 9 nitrogen and oxygen atoms in total. The highest BCUT2D eigenvalue weighted by atomic mass is 32.2. The number of methoxy groups -OCH3 is 1. The predicted molar refractivity (Wildman–Crippen MR) is 155 cm³/mol. The first-order valence-corrected chi connectivity index (χ1v) is 16.2. The molecule has 7 rings (SSSR count). The maximum atomic E-state index is 15.7. The van der Waals surface area contributed by atoms with Gasteiger partial charge in [-0.2, -0.15) is 4.39 Å². The Bertz CT molecular complexity index is 1790. The number of ether oxygens (including phenoxy) is 1. The molecule has 0 radical (unpaired) electrons. The number of hydrogen-bond acceptors (Lipinski definition) is 9. The lowest BCUT2D eigenvalue weighted by Crippen LogP contribution is -2.52. The molecule has 42 heavy (non-hydrogen) atoms. The second-order valence-corrected chi connectivity index (χ2v) is 13.4. The molecule has 3 aromatic heterocycles. The minimum absolute atomic E-state index is 0.00547. The quantitative estimate of drug-likeness (QED) is 0.166. The summed E-state index contributed by atoms with van der Waals surface area (Å²) in [6, 6.07) is 7.09. The van der Waals surface area contributed by atoms with Crippen molar-refractivity contribution >= 4 is 44.6 Å². The van der Waals surface area contributed by atoms with Crippen molar-refractivity contribution in [2.45, 2.75) is 48.6 Å². The fourth-order valence-corrected chi connectivity index (χ4v) is 8.09. The summed E-state index contributed by atoms with van der Waals surface area (Å²) < 4.78 is 63.6. The van der Waals surface area contributed by atoms with Crippen molar-refractivity contribution in [3.05, 3.63) is 59.9 Å². The number of pyridine rings is 1. The fraction of sp³-hybridized carbons (Fsp3) is 0.379. The normalized spacial score (nSPS) is 21.9. The number of aromatic nitrogens is 4. The third-order valence-corrected chi connectivity index (χ3v) is 10.7. The van der Waals surface area contributed by atoms with Crippen LogP contribution >= 0.6 is 11.8 Å². The van der Waals surface area contributed by atoms with Crippen molar-refractivity contribution in [1.29, 1.82) is 0 Å². The van der Waals surface area contributed by atoms with Crippen LogP contribution in [0.4, 0.5) is 14.6 Å². The predicted octanol–water partition coefficient (Wildman–Crippen LogP) is 5.43. The lowest BCUT2D eigenvalue weighted by Gasteiger charge is -2.47. The Morgan fingerprint density at radius 2 is 1.79 bits per heavy atom. The Morgan fingerprint density at radius 3 is 2.45 bits per heavy atom. The van der Waals surface area contributed by atoms with Crippen molar-refractivity contribution in [3.63, 3.8) is 0 Å². The summed E-state index contributed by atoms with van der Waals surface area (Å²) in [5, 5.41) is 3.37. The van der Waals surface area contributed by atoms with E-state index in [1.54, 1.807) is 18.4 Å². The van der Waals surface area contributed by atoms with Gasteiger partial charge in [-0.25, -0.2) is 31.7 Å². The molecule has 1 aromatic carbocycles. The first-order chi connectivity index (χ1) is 20.1. The van der Waals surface area contributed by atoms with Gasteiger partial charge in [0.2, 0.25) is 0 Å². The molecule has 2 bridgehead atoms. The number of hydrogen-bond donors (Lipinski definition) is 1. The van der Waals surface area contributed by atoms with E-state index in [1.165, 1.54) is 25.4 Å². The van der Waals surface area contributed by atoms with Gasteiger partial charge in [0.05, 0.1) is 24.1 Å². The van der Waals surface area contributed by atoms with Crippen LogP contribution < -0.4 is 5.32 Å². The van der Waals surface area contributed by atoms with Gasteiger partial charge in [-0.15, -0.1) is 11.8 Å². The van der Waals surface area contributed by atoms with E-state index in [9.17, 15) is 17.6 Å². The molecule has 0 unspecified atom stereocenters. The van der Waals surface area contributed by atoms with Gasteiger partial charge < -0.3 is 10.1 Å². The van der Waals surface area contributed by atoms with Gasteiger partial charge in [-0.1, -0.05) is 17.7 Å². The number of fused-ring (bicyclic) bond motifs is 4. The Balaban J connectivity index is 1.49. The summed E-state index contributed by atoms with van der Waals surface area (Å²) in [5.41, 5.74) is 1.04. The number of esters is 1. The van der Waals surface area contributed by atoms with E-state index in [2.05, 4.69) is 20.3 Å². The van der Waals surface area contributed by atoms with E-state index >= 15 is 4.39 Å². The van der Waals surface area contributed by atoms with Gasteiger partial charge in [0.1, 0.15) is 10.8 Å². The largest absolute Gasteiger partial charge is 0.469 e. The van der Waals surface area contributed by atoms with Crippen LogP contribution in [0.1, 0.15) is 31.2 Å². The molecule has 13 heteroatoms. The molecule has 0 saturated heterocycles. The number of carbonyl (C=O) groups excluding carboxylic acids is 1. The SMILES string of the molecule is COC(=O)[C@H]1C2CCC(CC2)[C@@H]1Nc1nc(-c2cn(S(=O)(=O)c3ccc(C)cc3)c3ncc(F)cc23)nc(SC)c1F. The van der Waals surface area contributed by atoms with Crippen molar-refractivity contribution in [2.24, 2.45) is 17.8 Å². The molecule has 3 fully saturated rings. The van der Waals surface area contributed by atoms with E-state index in [1.807, 2.05) is 6.92 Å². The number of nitrogens with zero attached hydrogens (tertiary/aromatic N) is 4. The average Bonchev–Trinajstić information content (AvgIpc) is 3.38. The van der Waals surface area contributed by atoms with Gasteiger partial charge in [0.15, 0.2) is 23.1 Å². The molecule has 2 atom stereocenters. The van der Waals surface area contributed by atoms with Gasteiger partial charge in [0.25, 0.3) is 10.0 Å². The molecule has 0 spiro atoms. The third kappa shape index (κ3) is 4.81. The van der Waals surface area contributed by atoms with Crippen LogP contribution in [0.5, 0.6) is 0 Å². The Hall–Kier alpha value is -3.58. The number of benzene rings is 1. The fourth-order valence-electron chi connectivity index (χ4n) is 6.31. The maximum Gasteiger partial charge on any atom is 0.311 e. The second kappa shape index (κ2) is 10.9. The zero-order valence-corrected chi connectivity index (χ0v) is 24.8. The van der Waals surface area contributed by atoms with E-state index in [-0.39, 0.29) is 62.0 Å². The molecular weight excluding hydrogens is 584 g/mol. The summed E-state index contributed by atoms with van der Waals surface area (Å²) in [6.07, 6.45) is 7.50. The van der Waals surface area contributed by atoms with Gasteiger partial charge in [-0.3, -0.25) is 4.79 Å². The highest BCUT2D eigenvalue weighted by Crippen LogP contribution is 2.47. The molecule has 4 aromatic rings. The molecular formula is C29H29F2N5O4S2. The van der Waals surface area contributed by atoms with Crippen molar-refractivity contribution in [3.8, 4) is 11.4 Å². The molecule has 1 N–H and O–H groups in total. The van der Waals surface area contributed by atoms with E-state index < -0.39 is 27.6 Å². The number of rotatable bonds is 7. The van der Waals surface area contributed by atoms with Gasteiger partial charge in [0, 0.05) is 23.2 Å². The Morgan fingerprint density at radius 1 is 1.10 bits per heavy atom. The molecule has 3 aliphatic rings. The highest BCUT2D eigenvalue weighted by molar-refractivity contribution is 7.98. The standard InChI is InChI=1S/C29H29F2N5O4S2/c1-15-4-10-19(11-5-15)42(38,39)36-14-21(20-12-18(30)13-32-27(20)36)25-34-26(23(31)28(35-25)41-3)33-24-17-8-6-16(7-9-17)22(24)29(37)40-2/h4-5,10-14,16-17,22,24H,6-9H2,1-3H3,(H,33,34,35)/t16?,17?,22-,24-/m0/s1. The number of aryl methyl sites for hydroxylation is 1. The van der Waals surface area contributed by atoms with Crippen LogP contribution in [0, 0.1) is 36.3 Å². The average molecular weight is 614 g/mol. The van der Waals surface area contributed by atoms with E-state index in [4.69, 9.17) is 4.74 Å². The molecule has 3 saturated carbocycles. The first kappa shape index (κ1) is 28.5. The van der Waals surface area contributed by atoms with Crippen LogP contribution in [0.2, 0.25) is 0 Å². The maximum absolute atomic E-state index is 15.7. The summed E-state index contributed by atoms with van der Waals surface area (Å²) in [6.45, 7) is 1.84. The zero-order valence-electron chi connectivity index (χ0n) is 23.2. The molecule has 3 heterocycles. The monoisotopic (exact) mass is 613 g/mol. The number of carbonyl (C=O) groups is 1. The number of halogens is 2. The van der Waals surface area contributed by atoms with Crippen LogP contribution in [0.25, 0.3) is 22.4 Å². The zero-order chi connectivity index (χ0) is 29.8. The minimum atomic E-state index is -4.13. The molecule has 0 amide bonds. The van der Waals surface area contributed by atoms with Crippen LogP contribution in [0.15, 0.2) is 52.6 Å².